The first-order chi connectivity index (χ1) is 10.6. The minimum absolute atomic E-state index is 0. The fourth-order valence-electron chi connectivity index (χ4n) is 2.31. The van der Waals surface area contributed by atoms with Crippen LogP contribution in [0, 0.1) is 0 Å². The first kappa shape index (κ1) is 19.5. The lowest BCUT2D eigenvalue weighted by atomic mass is 10.2. The van der Waals surface area contributed by atoms with Crippen molar-refractivity contribution >= 4 is 29.9 Å². The molecule has 1 aromatic heterocycles. The number of hydrogen-bond donors (Lipinski definition) is 1. The highest BCUT2D eigenvalue weighted by atomic mass is 127. The van der Waals surface area contributed by atoms with Crippen LogP contribution in [-0.4, -0.2) is 34.7 Å². The van der Waals surface area contributed by atoms with E-state index >= 15 is 0 Å². The van der Waals surface area contributed by atoms with Crippen LogP contribution in [0.1, 0.15) is 23.7 Å². The van der Waals surface area contributed by atoms with Gasteiger partial charge in [-0.05, 0) is 12.0 Å². The minimum Gasteiger partial charge on any atom is -0.352 e. The Morgan fingerprint density at radius 1 is 1.26 bits per heavy atom. The lowest BCUT2D eigenvalue weighted by molar-refractivity contribution is 0.578. The molecule has 0 aliphatic rings. The van der Waals surface area contributed by atoms with E-state index in [2.05, 4.69) is 40.7 Å². The predicted molar refractivity (Wildman–Crippen MR) is 106 cm³/mol. The van der Waals surface area contributed by atoms with Crippen LogP contribution in [0.15, 0.2) is 41.5 Å². The van der Waals surface area contributed by atoms with Crippen molar-refractivity contribution in [2.75, 3.05) is 14.1 Å². The first-order valence-electron chi connectivity index (χ1n) is 7.61. The molecule has 1 heterocycles. The molecule has 0 radical (unpaired) electrons. The minimum atomic E-state index is 0. The maximum Gasteiger partial charge on any atom is 0.194 e. The summed E-state index contributed by atoms with van der Waals surface area (Å²) >= 11 is 0. The number of nitrogens with one attached hydrogen (secondary N) is 1. The molecular formula is C17H26IN5. The quantitative estimate of drug-likeness (QED) is 0.454. The Morgan fingerprint density at radius 2 is 1.96 bits per heavy atom. The summed E-state index contributed by atoms with van der Waals surface area (Å²) in [4.78, 5) is 6.68. The van der Waals surface area contributed by atoms with Gasteiger partial charge in [-0.15, -0.1) is 24.0 Å². The lowest BCUT2D eigenvalue weighted by Gasteiger charge is -2.17. The normalized spacial score (nSPS) is 11.0. The molecule has 6 heteroatoms. The van der Waals surface area contributed by atoms with Crippen LogP contribution in [0.3, 0.4) is 0 Å². The summed E-state index contributed by atoms with van der Waals surface area (Å²) in [7, 11) is 5.96. The van der Waals surface area contributed by atoms with E-state index in [0.717, 1.165) is 24.6 Å². The van der Waals surface area contributed by atoms with E-state index in [9.17, 15) is 0 Å². The van der Waals surface area contributed by atoms with Crippen molar-refractivity contribution in [1.82, 2.24) is 20.0 Å². The van der Waals surface area contributed by atoms with Gasteiger partial charge in [-0.2, -0.15) is 5.10 Å². The largest absolute Gasteiger partial charge is 0.352 e. The molecule has 0 fully saturated rings. The van der Waals surface area contributed by atoms with Crippen LogP contribution in [0.2, 0.25) is 0 Å². The topological polar surface area (TPSA) is 45.5 Å². The summed E-state index contributed by atoms with van der Waals surface area (Å²) in [6.07, 6.45) is 3.01. The number of nitrogens with zero attached hydrogens (tertiary/aromatic N) is 4. The van der Waals surface area contributed by atoms with E-state index in [1.165, 1.54) is 11.1 Å². The summed E-state index contributed by atoms with van der Waals surface area (Å²) < 4.78 is 1.87. The third kappa shape index (κ3) is 5.85. The standard InChI is InChI=1S/C17H25N5.HI/c1-5-16-15(13-22(4)20-16)12-19-17(21(2)3)18-11-14-9-7-6-8-10-14;/h6-10,13H,5,11-12H2,1-4H3,(H,18,19);1H. The summed E-state index contributed by atoms with van der Waals surface area (Å²) in [5, 5.41) is 7.89. The first-order valence-corrected chi connectivity index (χ1v) is 7.61. The van der Waals surface area contributed by atoms with Crippen LogP contribution in [0.5, 0.6) is 0 Å². The van der Waals surface area contributed by atoms with Gasteiger partial charge in [-0.25, -0.2) is 4.99 Å². The highest BCUT2D eigenvalue weighted by Crippen LogP contribution is 2.07. The van der Waals surface area contributed by atoms with E-state index in [1.807, 2.05) is 48.9 Å². The van der Waals surface area contributed by atoms with Gasteiger partial charge >= 0.3 is 0 Å². The maximum absolute atomic E-state index is 4.68. The van der Waals surface area contributed by atoms with Crippen molar-refractivity contribution in [1.29, 1.82) is 0 Å². The highest BCUT2D eigenvalue weighted by molar-refractivity contribution is 14.0. The third-order valence-corrected chi connectivity index (χ3v) is 3.44. The van der Waals surface area contributed by atoms with Crippen LogP contribution in [-0.2, 0) is 26.6 Å². The van der Waals surface area contributed by atoms with E-state index in [1.54, 1.807) is 0 Å². The smallest absolute Gasteiger partial charge is 0.194 e. The molecule has 1 N–H and O–H groups in total. The van der Waals surface area contributed by atoms with Gasteiger partial charge in [0.1, 0.15) is 0 Å². The number of aryl methyl sites for hydroxylation is 2. The molecule has 0 unspecified atom stereocenters. The molecule has 23 heavy (non-hydrogen) atoms. The SMILES string of the molecule is CCc1nn(C)cc1CNC(=NCc1ccccc1)N(C)C.I. The van der Waals surface area contributed by atoms with Crippen LogP contribution >= 0.6 is 24.0 Å². The van der Waals surface area contributed by atoms with Gasteiger partial charge in [0, 0.05) is 39.4 Å². The number of guanidine groups is 1. The molecule has 0 atom stereocenters. The summed E-state index contributed by atoms with van der Waals surface area (Å²) in [6.45, 7) is 3.54. The number of benzene rings is 1. The van der Waals surface area contributed by atoms with Crippen molar-refractivity contribution in [3.63, 3.8) is 0 Å². The average Bonchev–Trinajstić information content (AvgIpc) is 2.88. The Balaban J connectivity index is 0.00000264. The van der Waals surface area contributed by atoms with E-state index in [-0.39, 0.29) is 24.0 Å². The second kappa shape index (κ2) is 9.54. The number of aliphatic imine (C=N–C) groups is 1. The van der Waals surface area contributed by atoms with Crippen molar-refractivity contribution in [3.05, 3.63) is 53.3 Å². The van der Waals surface area contributed by atoms with Gasteiger partial charge in [0.15, 0.2) is 5.96 Å². The molecule has 1 aromatic carbocycles. The van der Waals surface area contributed by atoms with E-state index in [4.69, 9.17) is 0 Å². The van der Waals surface area contributed by atoms with Crippen LogP contribution < -0.4 is 5.32 Å². The number of halogens is 1. The van der Waals surface area contributed by atoms with E-state index < -0.39 is 0 Å². The van der Waals surface area contributed by atoms with Crippen molar-refractivity contribution < 1.29 is 0 Å². The zero-order chi connectivity index (χ0) is 15.9. The lowest BCUT2D eigenvalue weighted by Crippen LogP contribution is -2.36. The number of hydrogen-bond acceptors (Lipinski definition) is 2. The molecule has 0 aliphatic carbocycles. The predicted octanol–water partition coefficient (Wildman–Crippen LogP) is 2.81. The molecular weight excluding hydrogens is 401 g/mol. The van der Waals surface area contributed by atoms with Gasteiger partial charge in [0.25, 0.3) is 0 Å². The zero-order valence-electron chi connectivity index (χ0n) is 14.3. The Bertz CT molecular complexity index is 619. The van der Waals surface area contributed by atoms with E-state index in [0.29, 0.717) is 6.54 Å². The zero-order valence-corrected chi connectivity index (χ0v) is 16.6. The Labute approximate surface area is 155 Å². The number of aromatic nitrogens is 2. The summed E-state index contributed by atoms with van der Waals surface area (Å²) in [5.41, 5.74) is 3.56. The van der Waals surface area contributed by atoms with Crippen molar-refractivity contribution in [3.8, 4) is 0 Å². The molecule has 0 amide bonds. The van der Waals surface area contributed by atoms with Gasteiger partial charge in [-0.3, -0.25) is 4.68 Å². The molecule has 0 spiro atoms. The summed E-state index contributed by atoms with van der Waals surface area (Å²) in [6, 6.07) is 10.3. The van der Waals surface area contributed by atoms with Crippen molar-refractivity contribution in [2.45, 2.75) is 26.4 Å². The van der Waals surface area contributed by atoms with Crippen LogP contribution in [0.25, 0.3) is 0 Å². The molecule has 5 nitrogen and oxygen atoms in total. The molecule has 0 bridgehead atoms. The average molecular weight is 427 g/mol. The van der Waals surface area contributed by atoms with Gasteiger partial charge in [-0.1, -0.05) is 37.3 Å². The third-order valence-electron chi connectivity index (χ3n) is 3.44. The maximum atomic E-state index is 4.68. The Kier molecular flexibility index (Phi) is 8.08. The van der Waals surface area contributed by atoms with Gasteiger partial charge in [0.05, 0.1) is 12.2 Å². The molecule has 0 saturated carbocycles. The number of rotatable bonds is 5. The van der Waals surface area contributed by atoms with Gasteiger partial charge in [0.2, 0.25) is 0 Å². The Morgan fingerprint density at radius 3 is 2.57 bits per heavy atom. The van der Waals surface area contributed by atoms with Crippen molar-refractivity contribution in [2.24, 2.45) is 12.0 Å². The fraction of sp³-hybridized carbons (Fsp3) is 0.412. The second-order valence-electron chi connectivity index (χ2n) is 5.50. The fourth-order valence-corrected chi connectivity index (χ4v) is 2.31. The van der Waals surface area contributed by atoms with Gasteiger partial charge < -0.3 is 10.2 Å². The van der Waals surface area contributed by atoms with Crippen LogP contribution in [0.4, 0.5) is 0 Å². The molecule has 2 aromatic rings. The Hall–Kier alpha value is -1.57. The second-order valence-corrected chi connectivity index (χ2v) is 5.50. The molecule has 0 saturated heterocycles. The molecule has 126 valence electrons. The summed E-state index contributed by atoms with van der Waals surface area (Å²) in [5.74, 6) is 0.884. The molecule has 2 rings (SSSR count). The molecule has 0 aliphatic heterocycles. The highest BCUT2D eigenvalue weighted by Gasteiger charge is 2.08. The monoisotopic (exact) mass is 427 g/mol.